The standard InChI is InChI=1S/C21H18N2O4/c1-12-7-14-3-2-4-15-19(14)23(12)10-16(20(15)24)21(25)22-9-13-5-6-17-18(8-13)27-11-26-17/h2-6,8,10,12H,7,9,11H2,1H3,(H,22,25)/t12-/m1/s1. The first-order valence-corrected chi connectivity index (χ1v) is 8.95. The van der Waals surface area contributed by atoms with E-state index in [0.717, 1.165) is 23.1 Å². The van der Waals surface area contributed by atoms with Gasteiger partial charge in [0.15, 0.2) is 11.5 Å². The summed E-state index contributed by atoms with van der Waals surface area (Å²) in [4.78, 5) is 25.6. The van der Waals surface area contributed by atoms with Gasteiger partial charge >= 0.3 is 0 Å². The first-order chi connectivity index (χ1) is 13.1. The van der Waals surface area contributed by atoms with Crippen LogP contribution in [0.2, 0.25) is 0 Å². The Labute approximate surface area is 155 Å². The number of nitrogens with one attached hydrogen (secondary N) is 1. The predicted molar refractivity (Wildman–Crippen MR) is 100 cm³/mol. The minimum Gasteiger partial charge on any atom is -0.454 e. The van der Waals surface area contributed by atoms with Crippen molar-refractivity contribution in [1.29, 1.82) is 0 Å². The largest absolute Gasteiger partial charge is 0.454 e. The molecule has 6 nitrogen and oxygen atoms in total. The number of carbonyl (C=O) groups excluding carboxylic acids is 1. The van der Waals surface area contributed by atoms with Gasteiger partial charge in [0.2, 0.25) is 12.2 Å². The Morgan fingerprint density at radius 2 is 2.07 bits per heavy atom. The maximum absolute atomic E-state index is 12.9. The number of rotatable bonds is 3. The van der Waals surface area contributed by atoms with E-state index < -0.39 is 0 Å². The number of carbonyl (C=O) groups is 1. The molecule has 0 radical (unpaired) electrons. The van der Waals surface area contributed by atoms with Crippen LogP contribution in [0.4, 0.5) is 0 Å². The first-order valence-electron chi connectivity index (χ1n) is 8.95. The average molecular weight is 362 g/mol. The number of ether oxygens (including phenoxy) is 2. The first kappa shape index (κ1) is 15.9. The van der Waals surface area contributed by atoms with E-state index in [1.807, 2.05) is 34.9 Å². The van der Waals surface area contributed by atoms with Gasteiger partial charge in [-0.2, -0.15) is 0 Å². The highest BCUT2D eigenvalue weighted by Crippen LogP contribution is 2.33. The van der Waals surface area contributed by atoms with E-state index in [1.165, 1.54) is 0 Å². The summed E-state index contributed by atoms with van der Waals surface area (Å²) in [7, 11) is 0. The van der Waals surface area contributed by atoms with Crippen LogP contribution in [0.3, 0.4) is 0 Å². The molecular formula is C21H18N2O4. The van der Waals surface area contributed by atoms with Gasteiger partial charge in [-0.05, 0) is 42.7 Å². The summed E-state index contributed by atoms with van der Waals surface area (Å²) in [5, 5.41) is 3.45. The summed E-state index contributed by atoms with van der Waals surface area (Å²) in [6, 6.07) is 11.5. The molecule has 136 valence electrons. The molecule has 1 N–H and O–H groups in total. The lowest BCUT2D eigenvalue weighted by molar-refractivity contribution is 0.0949. The molecule has 3 heterocycles. The fourth-order valence-corrected chi connectivity index (χ4v) is 3.91. The molecule has 0 fully saturated rings. The van der Waals surface area contributed by atoms with E-state index in [0.29, 0.717) is 23.4 Å². The predicted octanol–water partition coefficient (Wildman–Crippen LogP) is 2.78. The molecule has 3 aromatic rings. The Hall–Kier alpha value is -3.28. The third-order valence-electron chi connectivity index (χ3n) is 5.26. The molecule has 0 bridgehead atoms. The van der Waals surface area contributed by atoms with Gasteiger partial charge in [-0.3, -0.25) is 9.59 Å². The molecule has 0 aliphatic carbocycles. The highest BCUT2D eigenvalue weighted by Gasteiger charge is 2.24. The summed E-state index contributed by atoms with van der Waals surface area (Å²) in [5.41, 5.74) is 2.94. The van der Waals surface area contributed by atoms with Crippen molar-refractivity contribution in [1.82, 2.24) is 9.88 Å². The number of para-hydroxylation sites is 1. The van der Waals surface area contributed by atoms with Gasteiger partial charge in [-0.1, -0.05) is 18.2 Å². The minimum absolute atomic E-state index is 0.175. The summed E-state index contributed by atoms with van der Waals surface area (Å²) < 4.78 is 12.7. The number of fused-ring (bicyclic) bond motifs is 1. The van der Waals surface area contributed by atoms with Gasteiger partial charge in [0.05, 0.1) is 5.52 Å². The van der Waals surface area contributed by atoms with E-state index in [1.54, 1.807) is 12.3 Å². The molecule has 0 saturated heterocycles. The Bertz CT molecular complexity index is 1150. The normalized spacial score (nSPS) is 16.7. The van der Waals surface area contributed by atoms with Gasteiger partial charge in [-0.15, -0.1) is 0 Å². The Kier molecular flexibility index (Phi) is 3.47. The lowest BCUT2D eigenvalue weighted by Crippen LogP contribution is -2.29. The molecule has 0 unspecified atom stereocenters. The summed E-state index contributed by atoms with van der Waals surface area (Å²) in [5.74, 6) is 1.00. The van der Waals surface area contributed by atoms with Gasteiger partial charge in [0, 0.05) is 24.2 Å². The quantitative estimate of drug-likeness (QED) is 0.778. The highest BCUT2D eigenvalue weighted by molar-refractivity contribution is 5.98. The van der Waals surface area contributed by atoms with Crippen molar-refractivity contribution in [3.63, 3.8) is 0 Å². The molecule has 0 saturated carbocycles. The van der Waals surface area contributed by atoms with Crippen LogP contribution in [-0.4, -0.2) is 17.3 Å². The molecule has 1 atom stereocenters. The number of aromatic nitrogens is 1. The van der Waals surface area contributed by atoms with Crippen LogP contribution in [0.1, 0.15) is 34.5 Å². The van der Waals surface area contributed by atoms with Crippen molar-refractivity contribution in [2.75, 3.05) is 6.79 Å². The Balaban J connectivity index is 1.45. The smallest absolute Gasteiger partial charge is 0.257 e. The number of amides is 1. The fraction of sp³-hybridized carbons (Fsp3) is 0.238. The average Bonchev–Trinajstić information content (AvgIpc) is 3.26. The zero-order chi connectivity index (χ0) is 18.5. The van der Waals surface area contributed by atoms with Crippen molar-refractivity contribution in [2.45, 2.75) is 25.9 Å². The van der Waals surface area contributed by atoms with Gasteiger partial charge in [-0.25, -0.2) is 0 Å². The maximum Gasteiger partial charge on any atom is 0.257 e. The molecule has 2 aliphatic rings. The van der Waals surface area contributed by atoms with E-state index >= 15 is 0 Å². The number of hydrogen-bond acceptors (Lipinski definition) is 4. The van der Waals surface area contributed by atoms with Crippen molar-refractivity contribution in [3.05, 3.63) is 69.5 Å². The number of pyridine rings is 1. The summed E-state index contributed by atoms with van der Waals surface area (Å²) >= 11 is 0. The van der Waals surface area contributed by atoms with Crippen LogP contribution >= 0.6 is 0 Å². The van der Waals surface area contributed by atoms with Crippen LogP contribution in [0.5, 0.6) is 11.5 Å². The Morgan fingerprint density at radius 1 is 1.22 bits per heavy atom. The number of hydrogen-bond donors (Lipinski definition) is 1. The monoisotopic (exact) mass is 362 g/mol. The zero-order valence-corrected chi connectivity index (χ0v) is 14.8. The van der Waals surface area contributed by atoms with E-state index in [-0.39, 0.29) is 29.7 Å². The van der Waals surface area contributed by atoms with Gasteiger partial charge in [0.25, 0.3) is 5.91 Å². The van der Waals surface area contributed by atoms with Crippen LogP contribution < -0.4 is 20.2 Å². The van der Waals surface area contributed by atoms with Gasteiger partial charge < -0.3 is 19.4 Å². The topological polar surface area (TPSA) is 69.6 Å². The van der Waals surface area contributed by atoms with Crippen LogP contribution in [0, 0.1) is 0 Å². The fourth-order valence-electron chi connectivity index (χ4n) is 3.91. The summed E-state index contributed by atoms with van der Waals surface area (Å²) in [6.45, 7) is 2.61. The number of benzene rings is 2. The van der Waals surface area contributed by atoms with Crippen molar-refractivity contribution >= 4 is 16.8 Å². The Morgan fingerprint density at radius 3 is 2.96 bits per heavy atom. The molecular weight excluding hydrogens is 344 g/mol. The van der Waals surface area contributed by atoms with E-state index in [4.69, 9.17) is 9.47 Å². The third-order valence-corrected chi connectivity index (χ3v) is 5.26. The van der Waals surface area contributed by atoms with Crippen molar-refractivity contribution in [2.24, 2.45) is 0 Å². The molecule has 1 aromatic heterocycles. The second-order valence-corrected chi connectivity index (χ2v) is 7.02. The zero-order valence-electron chi connectivity index (χ0n) is 14.8. The van der Waals surface area contributed by atoms with E-state index in [2.05, 4.69) is 12.2 Å². The van der Waals surface area contributed by atoms with Crippen LogP contribution in [0.15, 0.2) is 47.4 Å². The SMILES string of the molecule is C[C@@H]1Cc2cccc3c(=O)c(C(=O)NCc4ccc5c(c4)OCO5)cn1c23. The summed E-state index contributed by atoms with van der Waals surface area (Å²) in [6.07, 6.45) is 2.57. The minimum atomic E-state index is -0.368. The number of nitrogens with zero attached hydrogens (tertiary/aromatic N) is 1. The molecule has 1 amide bonds. The lowest BCUT2D eigenvalue weighted by Gasteiger charge is -2.13. The van der Waals surface area contributed by atoms with Crippen molar-refractivity contribution in [3.8, 4) is 11.5 Å². The molecule has 2 aromatic carbocycles. The molecule has 0 spiro atoms. The molecule has 2 aliphatic heterocycles. The second-order valence-electron chi connectivity index (χ2n) is 7.02. The molecule has 6 heteroatoms. The van der Waals surface area contributed by atoms with Gasteiger partial charge in [0.1, 0.15) is 5.56 Å². The van der Waals surface area contributed by atoms with Crippen molar-refractivity contribution < 1.29 is 14.3 Å². The molecule has 5 rings (SSSR count). The third kappa shape index (κ3) is 2.48. The maximum atomic E-state index is 12.9. The van der Waals surface area contributed by atoms with Crippen LogP contribution in [0.25, 0.3) is 10.9 Å². The van der Waals surface area contributed by atoms with E-state index in [9.17, 15) is 9.59 Å². The second kappa shape index (κ2) is 5.87. The highest BCUT2D eigenvalue weighted by atomic mass is 16.7. The van der Waals surface area contributed by atoms with Crippen LogP contribution in [-0.2, 0) is 13.0 Å². The lowest BCUT2D eigenvalue weighted by atomic mass is 10.1. The molecule has 27 heavy (non-hydrogen) atoms.